The van der Waals surface area contributed by atoms with Crippen LogP contribution >= 0.6 is 0 Å². The highest BCUT2D eigenvalue weighted by atomic mass is 16.6. The summed E-state index contributed by atoms with van der Waals surface area (Å²) in [6, 6.07) is 12.1. The molecular formula is C27H32N2O6. The number of carbonyl (C=O) groups excluding carboxylic acids is 2. The molecule has 1 atom stereocenters. The first-order valence-electron chi connectivity index (χ1n) is 11.7. The van der Waals surface area contributed by atoms with Crippen molar-refractivity contribution in [2.24, 2.45) is 0 Å². The molecule has 1 fully saturated rings. The topological polar surface area (TPSA) is 110 Å². The predicted octanol–water partition coefficient (Wildman–Crippen LogP) is 5.13. The van der Waals surface area contributed by atoms with Gasteiger partial charge in [-0.1, -0.05) is 45.0 Å². The van der Waals surface area contributed by atoms with Gasteiger partial charge >= 0.3 is 0 Å². The number of Topliss-reactive ketones (excluding diaryl/α,β-unsaturated/α-hetero) is 1. The maximum atomic E-state index is 13.1. The van der Waals surface area contributed by atoms with Crippen molar-refractivity contribution in [3.05, 3.63) is 80.9 Å². The number of aliphatic hydroxyl groups is 1. The molecule has 8 nitrogen and oxygen atoms in total. The van der Waals surface area contributed by atoms with Crippen LogP contribution in [0.15, 0.2) is 54.1 Å². The van der Waals surface area contributed by atoms with E-state index in [4.69, 9.17) is 4.74 Å². The van der Waals surface area contributed by atoms with Crippen LogP contribution in [0.2, 0.25) is 0 Å². The lowest BCUT2D eigenvalue weighted by Crippen LogP contribution is -2.31. The zero-order valence-corrected chi connectivity index (χ0v) is 20.8. The lowest BCUT2D eigenvalue weighted by Gasteiger charge is -2.26. The van der Waals surface area contributed by atoms with E-state index in [-0.39, 0.29) is 40.6 Å². The number of amides is 1. The molecule has 2 aromatic carbocycles. The highest BCUT2D eigenvalue weighted by Crippen LogP contribution is 2.40. The Morgan fingerprint density at radius 3 is 2.20 bits per heavy atom. The first-order chi connectivity index (χ1) is 16.4. The molecule has 1 saturated heterocycles. The highest BCUT2D eigenvalue weighted by molar-refractivity contribution is 6.46. The fourth-order valence-electron chi connectivity index (χ4n) is 4.07. The largest absolute Gasteiger partial charge is 0.507 e. The average molecular weight is 481 g/mol. The minimum Gasteiger partial charge on any atom is -0.507 e. The summed E-state index contributed by atoms with van der Waals surface area (Å²) >= 11 is 0. The zero-order valence-electron chi connectivity index (χ0n) is 20.8. The number of non-ortho nitro benzene ring substituents is 1. The lowest BCUT2D eigenvalue weighted by molar-refractivity contribution is -0.384. The number of hydrogen-bond donors (Lipinski definition) is 1. The van der Waals surface area contributed by atoms with Crippen LogP contribution in [0.1, 0.15) is 63.8 Å². The predicted molar refractivity (Wildman–Crippen MR) is 133 cm³/mol. The Hall–Kier alpha value is -3.52. The second kappa shape index (κ2) is 10.4. The van der Waals surface area contributed by atoms with E-state index in [1.807, 2.05) is 38.1 Å². The molecule has 0 bridgehead atoms. The van der Waals surface area contributed by atoms with Crippen molar-refractivity contribution in [1.82, 2.24) is 4.90 Å². The molecule has 0 radical (unpaired) electrons. The number of nitro groups is 1. The van der Waals surface area contributed by atoms with Crippen molar-refractivity contribution in [2.75, 3.05) is 13.2 Å². The number of benzene rings is 2. The Labute approximate surface area is 205 Å². The van der Waals surface area contributed by atoms with Gasteiger partial charge in [-0.3, -0.25) is 19.7 Å². The maximum absolute atomic E-state index is 13.1. The quantitative estimate of drug-likeness (QED) is 0.140. The van der Waals surface area contributed by atoms with Crippen molar-refractivity contribution < 1.29 is 24.4 Å². The molecule has 35 heavy (non-hydrogen) atoms. The summed E-state index contributed by atoms with van der Waals surface area (Å²) in [5, 5.41) is 22.1. The lowest BCUT2D eigenvalue weighted by atomic mass is 9.85. The Morgan fingerprint density at radius 1 is 1.09 bits per heavy atom. The molecule has 1 N–H and O–H groups in total. The van der Waals surface area contributed by atoms with E-state index in [1.165, 1.54) is 29.2 Å². The number of hydrogen-bond acceptors (Lipinski definition) is 6. The van der Waals surface area contributed by atoms with Gasteiger partial charge in [-0.15, -0.1) is 0 Å². The van der Waals surface area contributed by atoms with E-state index >= 15 is 0 Å². The molecule has 1 heterocycles. The Balaban J connectivity index is 2.05. The van der Waals surface area contributed by atoms with E-state index in [0.29, 0.717) is 18.6 Å². The third-order valence-electron chi connectivity index (χ3n) is 5.98. The molecule has 1 aliphatic heterocycles. The first-order valence-corrected chi connectivity index (χ1v) is 11.7. The van der Waals surface area contributed by atoms with E-state index in [2.05, 4.69) is 20.8 Å². The first kappa shape index (κ1) is 26.1. The van der Waals surface area contributed by atoms with Crippen molar-refractivity contribution in [3.63, 3.8) is 0 Å². The summed E-state index contributed by atoms with van der Waals surface area (Å²) in [6.07, 6.45) is 0.576. The maximum Gasteiger partial charge on any atom is 0.295 e. The summed E-state index contributed by atoms with van der Waals surface area (Å²) in [4.78, 5) is 38.1. The fourth-order valence-corrected chi connectivity index (χ4v) is 4.07. The smallest absolute Gasteiger partial charge is 0.295 e. The normalized spacial score (nSPS) is 17.9. The number of nitro benzene ring substituents is 1. The van der Waals surface area contributed by atoms with Crippen LogP contribution < -0.4 is 0 Å². The van der Waals surface area contributed by atoms with Gasteiger partial charge in [0.1, 0.15) is 5.76 Å². The van der Waals surface area contributed by atoms with Crippen LogP contribution in [-0.4, -0.2) is 45.9 Å². The number of ether oxygens (including phenoxy) is 1. The number of likely N-dealkylation sites (tertiary alicyclic amines) is 1. The van der Waals surface area contributed by atoms with Gasteiger partial charge < -0.3 is 14.7 Å². The van der Waals surface area contributed by atoms with Crippen LogP contribution in [0.25, 0.3) is 5.76 Å². The SMILES string of the molecule is CC(C)OCCCN1C(=O)C(=O)C(=C(O)c2ccc([N+](=O)[O-])cc2)[C@H]1c1ccc(C(C)(C)C)cc1. The minimum absolute atomic E-state index is 0.0304. The second-order valence-electron chi connectivity index (χ2n) is 9.94. The fraction of sp³-hybridized carbons (Fsp3) is 0.407. The molecular weight excluding hydrogens is 448 g/mol. The Bertz CT molecular complexity index is 1130. The van der Waals surface area contributed by atoms with Crippen molar-refractivity contribution >= 4 is 23.1 Å². The van der Waals surface area contributed by atoms with Gasteiger partial charge in [-0.2, -0.15) is 0 Å². The summed E-state index contributed by atoms with van der Waals surface area (Å²) < 4.78 is 5.59. The highest BCUT2D eigenvalue weighted by Gasteiger charge is 2.45. The third kappa shape index (κ3) is 5.77. The van der Waals surface area contributed by atoms with Crippen molar-refractivity contribution in [1.29, 1.82) is 0 Å². The zero-order chi connectivity index (χ0) is 25.9. The number of aliphatic hydroxyl groups excluding tert-OH is 1. The van der Waals surface area contributed by atoms with Crippen molar-refractivity contribution in [3.8, 4) is 0 Å². The van der Waals surface area contributed by atoms with Gasteiger partial charge in [0.2, 0.25) is 0 Å². The van der Waals surface area contributed by atoms with Crippen LogP contribution in [-0.2, 0) is 19.7 Å². The summed E-state index contributed by atoms with van der Waals surface area (Å²) in [7, 11) is 0. The molecule has 0 aromatic heterocycles. The van der Waals surface area contributed by atoms with Gasteiger partial charge in [-0.25, -0.2) is 0 Å². The van der Waals surface area contributed by atoms with Gasteiger partial charge in [-0.05, 0) is 48.9 Å². The number of rotatable bonds is 8. The summed E-state index contributed by atoms with van der Waals surface area (Å²) in [5.74, 6) is -1.83. The molecule has 1 aliphatic rings. The van der Waals surface area contributed by atoms with Gasteiger partial charge in [0.25, 0.3) is 17.4 Å². The van der Waals surface area contributed by atoms with E-state index < -0.39 is 22.7 Å². The van der Waals surface area contributed by atoms with Crippen LogP contribution in [0, 0.1) is 10.1 Å². The van der Waals surface area contributed by atoms with Crippen molar-refractivity contribution in [2.45, 2.75) is 58.6 Å². The molecule has 0 aliphatic carbocycles. The van der Waals surface area contributed by atoms with Crippen LogP contribution in [0.5, 0.6) is 0 Å². The standard InChI is InChI=1S/C27H32N2O6/c1-17(2)35-16-6-15-28-23(18-7-11-20(12-8-18)27(3,4)5)22(25(31)26(28)32)24(30)19-9-13-21(14-10-19)29(33)34/h7-14,17,23,30H,6,15-16H2,1-5H3/t23-/m1/s1. The Kier molecular flexibility index (Phi) is 7.75. The molecule has 2 aromatic rings. The molecule has 0 saturated carbocycles. The van der Waals surface area contributed by atoms with E-state index in [1.54, 1.807) is 0 Å². The third-order valence-corrected chi connectivity index (χ3v) is 5.98. The number of ketones is 1. The molecule has 1 amide bonds. The van der Waals surface area contributed by atoms with E-state index in [9.17, 15) is 24.8 Å². The second-order valence-corrected chi connectivity index (χ2v) is 9.94. The van der Waals surface area contributed by atoms with Gasteiger partial charge in [0, 0.05) is 30.8 Å². The van der Waals surface area contributed by atoms with Crippen LogP contribution in [0.4, 0.5) is 5.69 Å². The van der Waals surface area contributed by atoms with Gasteiger partial charge in [0.05, 0.1) is 22.6 Å². The van der Waals surface area contributed by atoms with Gasteiger partial charge in [0.15, 0.2) is 0 Å². The summed E-state index contributed by atoms with van der Waals surface area (Å²) in [6.45, 7) is 10.8. The summed E-state index contributed by atoms with van der Waals surface area (Å²) in [5.41, 5.74) is 1.78. The molecule has 0 spiro atoms. The number of nitrogens with zero attached hydrogens (tertiary/aromatic N) is 2. The minimum atomic E-state index is -0.782. The molecule has 186 valence electrons. The Morgan fingerprint density at radius 2 is 1.69 bits per heavy atom. The number of carbonyl (C=O) groups is 2. The van der Waals surface area contributed by atoms with Crippen LogP contribution in [0.3, 0.4) is 0 Å². The molecule has 0 unspecified atom stereocenters. The monoisotopic (exact) mass is 480 g/mol. The molecule has 8 heteroatoms. The molecule has 3 rings (SSSR count). The van der Waals surface area contributed by atoms with E-state index in [0.717, 1.165) is 5.56 Å². The average Bonchev–Trinajstić information content (AvgIpc) is 3.05.